The Kier molecular flexibility index (Phi) is 6.56. The Hall–Kier alpha value is -2.53. The molecule has 0 aliphatic carbocycles. The summed E-state index contributed by atoms with van der Waals surface area (Å²) in [7, 11) is -3.84. The lowest BCUT2D eigenvalue weighted by atomic mass is 10.1. The van der Waals surface area contributed by atoms with Crippen molar-refractivity contribution in [1.29, 1.82) is 5.26 Å². The van der Waals surface area contributed by atoms with E-state index >= 15 is 0 Å². The molecule has 2 aromatic heterocycles. The molecule has 0 saturated carbocycles. The van der Waals surface area contributed by atoms with Gasteiger partial charge in [-0.05, 0) is 30.7 Å². The number of carbonyl (C=O) groups excluding carboxylic acids is 1. The molecule has 2 aliphatic rings. The minimum atomic E-state index is -3.84. The van der Waals surface area contributed by atoms with Crippen molar-refractivity contribution in [3.05, 3.63) is 44.9 Å². The second-order valence-electron chi connectivity index (χ2n) is 8.69. The monoisotopic (exact) mass is 533 g/mol. The molecule has 0 radical (unpaired) electrons. The highest BCUT2D eigenvalue weighted by Crippen LogP contribution is 2.29. The molecule has 5 rings (SSSR count). The maximum Gasteiger partial charge on any atom is 0.283 e. The van der Waals surface area contributed by atoms with Crippen LogP contribution in [0.5, 0.6) is 0 Å². The van der Waals surface area contributed by atoms with Gasteiger partial charge in [0.05, 0.1) is 11.8 Å². The van der Waals surface area contributed by atoms with E-state index < -0.39 is 16.1 Å². The number of thiazole rings is 1. The van der Waals surface area contributed by atoms with Gasteiger partial charge in [-0.3, -0.25) is 10.6 Å². The van der Waals surface area contributed by atoms with E-state index in [2.05, 4.69) is 16.0 Å². The standard InChI is InChI=1S/C22H24ClN7O3S2/c23-15-3-4-17-14(10-15)11-20(26-17)35(32,33)29-8-9-30(16(12-29)2-1-6-24)22(31)21-27-18-5-7-28(25)13-19(18)34-21/h3-4,10-11,16,26H,1-2,5,7-9,12-13,25H2. The summed E-state index contributed by atoms with van der Waals surface area (Å²) in [5, 5.41) is 12.5. The van der Waals surface area contributed by atoms with Gasteiger partial charge in [0.1, 0.15) is 5.03 Å². The molecule has 1 saturated heterocycles. The first-order valence-electron chi connectivity index (χ1n) is 11.2. The first-order valence-corrected chi connectivity index (χ1v) is 13.8. The van der Waals surface area contributed by atoms with Gasteiger partial charge in [0.2, 0.25) is 0 Å². The number of rotatable bonds is 5. The second-order valence-corrected chi connectivity index (χ2v) is 12.1. The average molecular weight is 534 g/mol. The third-order valence-corrected chi connectivity index (χ3v) is 9.51. The van der Waals surface area contributed by atoms with Crippen LogP contribution in [0.1, 0.15) is 33.2 Å². The zero-order valence-electron chi connectivity index (χ0n) is 18.8. The molecule has 35 heavy (non-hydrogen) atoms. The summed E-state index contributed by atoms with van der Waals surface area (Å²) in [4.78, 5) is 23.6. The highest BCUT2D eigenvalue weighted by Gasteiger charge is 2.38. The predicted molar refractivity (Wildman–Crippen MR) is 132 cm³/mol. The summed E-state index contributed by atoms with van der Waals surface area (Å²) in [6.45, 7) is 1.71. The minimum absolute atomic E-state index is 0.0764. The van der Waals surface area contributed by atoms with Gasteiger partial charge in [-0.25, -0.2) is 18.4 Å². The molecule has 2 aliphatic heterocycles. The second kappa shape index (κ2) is 9.50. The van der Waals surface area contributed by atoms with Crippen molar-refractivity contribution in [3.8, 4) is 6.07 Å². The van der Waals surface area contributed by atoms with E-state index in [9.17, 15) is 13.2 Å². The Bertz CT molecular complexity index is 1430. The first-order chi connectivity index (χ1) is 16.8. The van der Waals surface area contributed by atoms with E-state index in [1.165, 1.54) is 15.6 Å². The molecule has 4 heterocycles. The summed E-state index contributed by atoms with van der Waals surface area (Å²) >= 11 is 7.38. The Morgan fingerprint density at radius 2 is 2.14 bits per heavy atom. The number of aromatic amines is 1. The van der Waals surface area contributed by atoms with E-state index in [1.54, 1.807) is 34.2 Å². The lowest BCUT2D eigenvalue weighted by Crippen LogP contribution is -2.56. The zero-order valence-corrected chi connectivity index (χ0v) is 21.2. The number of amides is 1. The van der Waals surface area contributed by atoms with Gasteiger partial charge in [-0.1, -0.05) is 11.6 Å². The van der Waals surface area contributed by atoms with E-state index in [0.717, 1.165) is 10.6 Å². The summed E-state index contributed by atoms with van der Waals surface area (Å²) in [5.74, 6) is 5.68. The van der Waals surface area contributed by atoms with Crippen molar-refractivity contribution in [2.45, 2.75) is 36.9 Å². The van der Waals surface area contributed by atoms with E-state index in [-0.39, 0.29) is 37.0 Å². The zero-order chi connectivity index (χ0) is 24.7. The number of H-pyrrole nitrogens is 1. The summed E-state index contributed by atoms with van der Waals surface area (Å²) < 4.78 is 28.3. The molecule has 184 valence electrons. The molecule has 1 unspecified atom stereocenters. The number of sulfonamides is 1. The van der Waals surface area contributed by atoms with E-state index in [4.69, 9.17) is 22.7 Å². The highest BCUT2D eigenvalue weighted by atomic mass is 35.5. The molecule has 10 nitrogen and oxygen atoms in total. The number of nitriles is 1. The number of halogens is 1. The van der Waals surface area contributed by atoms with Crippen LogP contribution in [0.15, 0.2) is 29.3 Å². The SMILES string of the molecule is N#CCCC1CN(S(=O)(=O)c2cc3cc(Cl)ccc3[nH]2)CCN1C(=O)c1nc2c(s1)CN(N)CC2. The van der Waals surface area contributed by atoms with Crippen molar-refractivity contribution < 1.29 is 13.2 Å². The Labute approximate surface area is 211 Å². The van der Waals surface area contributed by atoms with Gasteiger partial charge >= 0.3 is 0 Å². The topological polar surface area (TPSA) is 139 Å². The third kappa shape index (κ3) is 4.67. The number of benzene rings is 1. The molecule has 0 spiro atoms. The Balaban J connectivity index is 1.38. The normalized spacial score (nSPS) is 19.6. The Morgan fingerprint density at radius 1 is 1.31 bits per heavy atom. The number of nitrogens with two attached hydrogens (primary N) is 1. The van der Waals surface area contributed by atoms with Crippen molar-refractivity contribution in [3.63, 3.8) is 0 Å². The minimum Gasteiger partial charge on any atom is -0.345 e. The maximum atomic E-state index is 13.4. The van der Waals surface area contributed by atoms with Gasteiger partial charge in [0, 0.05) is 72.4 Å². The van der Waals surface area contributed by atoms with Crippen LogP contribution in [0, 0.1) is 11.3 Å². The van der Waals surface area contributed by atoms with Gasteiger partial charge < -0.3 is 9.88 Å². The number of piperazine rings is 1. The molecule has 1 atom stereocenters. The van der Waals surface area contributed by atoms with Crippen LogP contribution in [0.2, 0.25) is 5.02 Å². The van der Waals surface area contributed by atoms with Crippen LogP contribution < -0.4 is 5.84 Å². The van der Waals surface area contributed by atoms with Gasteiger partial charge in [0.15, 0.2) is 5.01 Å². The smallest absolute Gasteiger partial charge is 0.283 e. The van der Waals surface area contributed by atoms with Gasteiger partial charge in [-0.15, -0.1) is 11.3 Å². The van der Waals surface area contributed by atoms with Crippen LogP contribution >= 0.6 is 22.9 Å². The van der Waals surface area contributed by atoms with E-state index in [0.29, 0.717) is 46.9 Å². The lowest BCUT2D eigenvalue weighted by Gasteiger charge is -2.40. The van der Waals surface area contributed by atoms with Crippen LogP contribution in [0.25, 0.3) is 10.9 Å². The fourth-order valence-corrected chi connectivity index (χ4v) is 7.33. The largest absolute Gasteiger partial charge is 0.345 e. The number of hydrogen-bond donors (Lipinski definition) is 2. The molecule has 1 fully saturated rings. The number of nitrogens with zero attached hydrogens (tertiary/aromatic N) is 5. The number of fused-ring (bicyclic) bond motifs is 2. The highest BCUT2D eigenvalue weighted by molar-refractivity contribution is 7.89. The number of carbonyl (C=O) groups is 1. The summed E-state index contributed by atoms with van der Waals surface area (Å²) in [5.41, 5.74) is 1.57. The first kappa shape index (κ1) is 24.2. The third-order valence-electron chi connectivity index (χ3n) is 6.42. The molecular weight excluding hydrogens is 510 g/mol. The van der Waals surface area contributed by atoms with Crippen molar-refractivity contribution in [2.75, 3.05) is 26.2 Å². The number of hydrazine groups is 1. The maximum absolute atomic E-state index is 13.4. The van der Waals surface area contributed by atoms with Crippen LogP contribution in [-0.2, 0) is 23.0 Å². The molecule has 3 aromatic rings. The quantitative estimate of drug-likeness (QED) is 0.480. The van der Waals surface area contributed by atoms with Crippen molar-refractivity contribution >= 4 is 49.8 Å². The van der Waals surface area contributed by atoms with E-state index in [1.807, 2.05) is 0 Å². The van der Waals surface area contributed by atoms with Crippen molar-refractivity contribution in [1.82, 2.24) is 24.2 Å². The molecule has 1 amide bonds. The van der Waals surface area contributed by atoms with Crippen LogP contribution in [-0.4, -0.2) is 70.7 Å². The number of hydrogen-bond acceptors (Lipinski definition) is 8. The van der Waals surface area contributed by atoms with Gasteiger partial charge in [0.25, 0.3) is 15.9 Å². The van der Waals surface area contributed by atoms with Crippen molar-refractivity contribution in [2.24, 2.45) is 5.84 Å². The molecule has 3 N–H and O–H groups in total. The fraction of sp³-hybridized carbons (Fsp3) is 0.409. The van der Waals surface area contributed by atoms with Gasteiger partial charge in [-0.2, -0.15) is 9.57 Å². The molecule has 1 aromatic carbocycles. The molecular formula is C22H24ClN7O3S2. The fourth-order valence-electron chi connectivity index (χ4n) is 4.58. The lowest BCUT2D eigenvalue weighted by molar-refractivity contribution is 0.0552. The Morgan fingerprint density at radius 3 is 2.94 bits per heavy atom. The van der Waals surface area contributed by atoms with Crippen LogP contribution in [0.4, 0.5) is 0 Å². The number of aromatic nitrogens is 2. The molecule has 13 heteroatoms. The predicted octanol–water partition coefficient (Wildman–Crippen LogP) is 2.33. The van der Waals surface area contributed by atoms with Crippen LogP contribution in [0.3, 0.4) is 0 Å². The molecule has 0 bridgehead atoms. The summed E-state index contributed by atoms with van der Waals surface area (Å²) in [6.07, 6.45) is 1.27. The average Bonchev–Trinajstić information content (AvgIpc) is 3.46. The number of nitrogens with one attached hydrogen (secondary N) is 1. The summed E-state index contributed by atoms with van der Waals surface area (Å²) in [6, 6.07) is 8.38.